The lowest BCUT2D eigenvalue weighted by Crippen LogP contribution is -2.38. The Hall–Kier alpha value is -2.45. The molecule has 2 amide bonds. The Labute approximate surface area is 200 Å². The lowest BCUT2D eigenvalue weighted by Gasteiger charge is -2.22. The maximum absolute atomic E-state index is 12.6. The maximum Gasteiger partial charge on any atom is 0.251 e. The van der Waals surface area contributed by atoms with Crippen LogP contribution in [0.5, 0.6) is 0 Å². The summed E-state index contributed by atoms with van der Waals surface area (Å²) < 4.78 is 0. The van der Waals surface area contributed by atoms with Crippen LogP contribution in [0.3, 0.4) is 0 Å². The van der Waals surface area contributed by atoms with Crippen LogP contribution >= 0.6 is 34.5 Å². The number of amides is 2. The van der Waals surface area contributed by atoms with Crippen molar-refractivity contribution in [2.75, 3.05) is 5.32 Å². The van der Waals surface area contributed by atoms with E-state index in [0.29, 0.717) is 27.2 Å². The van der Waals surface area contributed by atoms with Crippen molar-refractivity contribution >= 4 is 51.5 Å². The molecular weight excluding hydrogens is 467 g/mol. The molecule has 1 unspecified atom stereocenters. The van der Waals surface area contributed by atoms with Crippen molar-refractivity contribution in [3.63, 3.8) is 0 Å². The molecular formula is C23H22Cl2N4O2S. The van der Waals surface area contributed by atoms with E-state index in [9.17, 15) is 9.59 Å². The standard InChI is InChI=1S/C23H22Cl2N4O2S/c24-16-8-6-14(10-17(16)25)22(31)27-15-7-9-19-20(11-15)32-23(28-19)29-21(30)12-18(26)13-4-2-1-3-5-13/h1-6,8,10,15,18H,7,9,11-12,26H2,(H,27,31)(H,28,29,30)/t15-,18?/m0/s1. The highest BCUT2D eigenvalue weighted by Gasteiger charge is 2.25. The monoisotopic (exact) mass is 488 g/mol. The number of fused-ring (bicyclic) bond motifs is 1. The van der Waals surface area contributed by atoms with Gasteiger partial charge in [-0.3, -0.25) is 9.59 Å². The molecule has 2 aromatic carbocycles. The number of hydrogen-bond acceptors (Lipinski definition) is 5. The second-order valence-electron chi connectivity index (χ2n) is 7.70. The van der Waals surface area contributed by atoms with Gasteiger partial charge in [-0.15, -0.1) is 11.3 Å². The number of aryl methyl sites for hydroxylation is 1. The van der Waals surface area contributed by atoms with Crippen LogP contribution < -0.4 is 16.4 Å². The summed E-state index contributed by atoms with van der Waals surface area (Å²) in [5.74, 6) is -0.359. The average Bonchev–Trinajstić information content (AvgIpc) is 3.17. The lowest BCUT2D eigenvalue weighted by molar-refractivity contribution is -0.116. The van der Waals surface area contributed by atoms with Crippen molar-refractivity contribution in [1.29, 1.82) is 0 Å². The summed E-state index contributed by atoms with van der Waals surface area (Å²) in [4.78, 5) is 30.6. The predicted molar refractivity (Wildman–Crippen MR) is 128 cm³/mol. The van der Waals surface area contributed by atoms with Crippen LogP contribution in [0.4, 0.5) is 5.13 Å². The van der Waals surface area contributed by atoms with E-state index in [4.69, 9.17) is 28.9 Å². The van der Waals surface area contributed by atoms with Gasteiger partial charge in [0, 0.05) is 35.4 Å². The zero-order valence-corrected chi connectivity index (χ0v) is 19.4. The summed E-state index contributed by atoms with van der Waals surface area (Å²) in [6.07, 6.45) is 2.35. The summed E-state index contributed by atoms with van der Waals surface area (Å²) in [5, 5.41) is 7.24. The second-order valence-corrected chi connectivity index (χ2v) is 9.60. The Bertz CT molecular complexity index is 1140. The lowest BCUT2D eigenvalue weighted by atomic mass is 9.97. The Morgan fingerprint density at radius 2 is 1.94 bits per heavy atom. The molecule has 0 saturated carbocycles. The summed E-state index contributed by atoms with van der Waals surface area (Å²) in [5.41, 5.74) is 8.50. The number of benzene rings is 2. The first-order valence-electron chi connectivity index (χ1n) is 10.2. The molecule has 0 radical (unpaired) electrons. The number of anilines is 1. The molecule has 1 heterocycles. The summed E-state index contributed by atoms with van der Waals surface area (Å²) >= 11 is 13.4. The van der Waals surface area contributed by atoms with Crippen LogP contribution in [0, 0.1) is 0 Å². The first-order chi connectivity index (χ1) is 15.4. The SMILES string of the molecule is NC(CC(=O)Nc1nc2c(s1)C[C@@H](NC(=O)c1ccc(Cl)c(Cl)c1)CC2)c1ccccc1. The van der Waals surface area contributed by atoms with Gasteiger partial charge >= 0.3 is 0 Å². The topological polar surface area (TPSA) is 97.1 Å². The van der Waals surface area contributed by atoms with Gasteiger partial charge in [-0.2, -0.15) is 0 Å². The minimum Gasteiger partial charge on any atom is -0.349 e. The molecule has 4 N–H and O–H groups in total. The fraction of sp³-hybridized carbons (Fsp3) is 0.261. The molecule has 0 bridgehead atoms. The van der Waals surface area contributed by atoms with E-state index >= 15 is 0 Å². The first-order valence-corrected chi connectivity index (χ1v) is 11.8. The molecule has 1 aromatic heterocycles. The zero-order valence-electron chi connectivity index (χ0n) is 17.1. The number of nitrogens with zero attached hydrogens (tertiary/aromatic N) is 1. The molecule has 166 valence electrons. The van der Waals surface area contributed by atoms with Crippen molar-refractivity contribution in [2.45, 2.75) is 37.8 Å². The van der Waals surface area contributed by atoms with Crippen molar-refractivity contribution in [3.8, 4) is 0 Å². The van der Waals surface area contributed by atoms with Gasteiger partial charge in [0.2, 0.25) is 5.91 Å². The largest absolute Gasteiger partial charge is 0.349 e. The molecule has 0 fully saturated rings. The van der Waals surface area contributed by atoms with Gasteiger partial charge in [-0.1, -0.05) is 53.5 Å². The Morgan fingerprint density at radius 3 is 2.69 bits per heavy atom. The van der Waals surface area contributed by atoms with E-state index in [0.717, 1.165) is 29.0 Å². The smallest absolute Gasteiger partial charge is 0.251 e. The van der Waals surface area contributed by atoms with Crippen molar-refractivity contribution < 1.29 is 9.59 Å². The number of aromatic nitrogens is 1. The molecule has 1 aliphatic carbocycles. The maximum atomic E-state index is 12.6. The summed E-state index contributed by atoms with van der Waals surface area (Å²) in [7, 11) is 0. The third kappa shape index (κ3) is 5.48. The van der Waals surface area contributed by atoms with Crippen molar-refractivity contribution in [2.24, 2.45) is 5.73 Å². The van der Waals surface area contributed by atoms with Gasteiger partial charge in [0.25, 0.3) is 5.91 Å². The van der Waals surface area contributed by atoms with Gasteiger partial charge in [0.05, 0.1) is 15.7 Å². The minimum absolute atomic E-state index is 0.0139. The molecule has 9 heteroatoms. The fourth-order valence-corrected chi connectivity index (χ4v) is 5.05. The van der Waals surface area contributed by atoms with Crippen LogP contribution in [0.25, 0.3) is 0 Å². The van der Waals surface area contributed by atoms with Crippen LogP contribution in [0.2, 0.25) is 10.0 Å². The highest BCUT2D eigenvalue weighted by molar-refractivity contribution is 7.15. The van der Waals surface area contributed by atoms with Gasteiger partial charge in [-0.25, -0.2) is 4.98 Å². The molecule has 3 aromatic rings. The third-order valence-electron chi connectivity index (χ3n) is 5.34. The number of nitrogens with two attached hydrogens (primary N) is 1. The van der Waals surface area contributed by atoms with Gasteiger partial charge in [0.15, 0.2) is 5.13 Å². The number of nitrogens with one attached hydrogen (secondary N) is 2. The van der Waals surface area contributed by atoms with Crippen molar-refractivity contribution in [3.05, 3.63) is 80.3 Å². The summed E-state index contributed by atoms with van der Waals surface area (Å²) in [6.45, 7) is 0. The molecule has 0 saturated heterocycles. The number of rotatable bonds is 6. The molecule has 0 spiro atoms. The number of carbonyl (C=O) groups is 2. The summed E-state index contributed by atoms with van der Waals surface area (Å²) in [6, 6.07) is 14.0. The Morgan fingerprint density at radius 1 is 1.16 bits per heavy atom. The molecule has 1 aliphatic rings. The van der Waals surface area contributed by atoms with Crippen LogP contribution in [-0.2, 0) is 17.6 Å². The van der Waals surface area contributed by atoms with E-state index < -0.39 is 0 Å². The molecule has 32 heavy (non-hydrogen) atoms. The number of hydrogen-bond donors (Lipinski definition) is 3. The molecule has 2 atom stereocenters. The number of halogens is 2. The van der Waals surface area contributed by atoms with E-state index in [2.05, 4.69) is 15.6 Å². The molecule has 4 rings (SSSR count). The second kappa shape index (κ2) is 10.0. The normalized spacial score (nSPS) is 16.2. The minimum atomic E-state index is -0.369. The van der Waals surface area contributed by atoms with E-state index in [1.165, 1.54) is 11.3 Å². The van der Waals surface area contributed by atoms with Gasteiger partial charge < -0.3 is 16.4 Å². The van der Waals surface area contributed by atoms with E-state index in [1.54, 1.807) is 18.2 Å². The Kier molecular flexibility index (Phi) is 7.10. The zero-order chi connectivity index (χ0) is 22.7. The van der Waals surface area contributed by atoms with E-state index in [-0.39, 0.29) is 30.3 Å². The van der Waals surface area contributed by atoms with Crippen LogP contribution in [0.15, 0.2) is 48.5 Å². The highest BCUT2D eigenvalue weighted by atomic mass is 35.5. The fourth-order valence-electron chi connectivity index (χ4n) is 3.65. The van der Waals surface area contributed by atoms with Crippen LogP contribution in [0.1, 0.15) is 45.4 Å². The van der Waals surface area contributed by atoms with Crippen molar-refractivity contribution in [1.82, 2.24) is 10.3 Å². The van der Waals surface area contributed by atoms with Crippen LogP contribution in [-0.4, -0.2) is 22.8 Å². The average molecular weight is 489 g/mol. The first kappa shape index (κ1) is 22.7. The molecule has 0 aliphatic heterocycles. The predicted octanol–water partition coefficient (Wildman–Crippen LogP) is 4.77. The quantitative estimate of drug-likeness (QED) is 0.465. The van der Waals surface area contributed by atoms with Gasteiger partial charge in [-0.05, 0) is 36.6 Å². The highest BCUT2D eigenvalue weighted by Crippen LogP contribution is 2.30. The molecule has 6 nitrogen and oxygen atoms in total. The van der Waals surface area contributed by atoms with E-state index in [1.807, 2.05) is 30.3 Å². The number of carbonyl (C=O) groups excluding carboxylic acids is 2. The third-order valence-corrected chi connectivity index (χ3v) is 7.11. The Balaban J connectivity index is 1.34. The van der Waals surface area contributed by atoms with Gasteiger partial charge in [0.1, 0.15) is 0 Å². The number of thiazole rings is 1.